The summed E-state index contributed by atoms with van der Waals surface area (Å²) in [4.78, 5) is 21.3. The van der Waals surface area contributed by atoms with Crippen LogP contribution < -0.4 is 4.74 Å². The maximum absolute atomic E-state index is 14.3. The van der Waals surface area contributed by atoms with Gasteiger partial charge in [-0.1, -0.05) is 12.1 Å². The molecule has 1 saturated heterocycles. The molecule has 3 heterocycles. The van der Waals surface area contributed by atoms with Gasteiger partial charge in [0.2, 0.25) is 5.88 Å². The van der Waals surface area contributed by atoms with Gasteiger partial charge in [-0.05, 0) is 68.2 Å². The lowest BCUT2D eigenvalue weighted by Gasteiger charge is -2.30. The smallest absolute Gasteiger partial charge is 0.332 e. The van der Waals surface area contributed by atoms with Crippen LogP contribution in [0, 0.1) is 22.6 Å². The molecule has 7 rings (SSSR count). The third kappa shape index (κ3) is 4.80. The molecule has 1 aromatic carbocycles. The van der Waals surface area contributed by atoms with Gasteiger partial charge < -0.3 is 19.1 Å². The minimum atomic E-state index is -0.873. The molecular weight excluding hydrogens is 523 g/mol. The Morgan fingerprint density at radius 2 is 2.05 bits per heavy atom. The number of carboxylic acid groups (broad SMARTS) is 1. The van der Waals surface area contributed by atoms with Crippen LogP contribution in [0.2, 0.25) is 0 Å². The van der Waals surface area contributed by atoms with E-state index < -0.39 is 11.8 Å². The van der Waals surface area contributed by atoms with Gasteiger partial charge in [-0.3, -0.25) is 0 Å². The Bertz CT molecular complexity index is 1590. The summed E-state index contributed by atoms with van der Waals surface area (Å²) < 4.78 is 28.1. The third-order valence-electron chi connectivity index (χ3n) is 9.46. The first-order valence-electron chi connectivity index (χ1n) is 14.4. The molecule has 0 bridgehead atoms. The maximum Gasteiger partial charge on any atom is 0.332 e. The van der Waals surface area contributed by atoms with E-state index in [2.05, 4.69) is 4.57 Å². The summed E-state index contributed by atoms with van der Waals surface area (Å²) in [5.41, 5.74) is 4.16. The predicted molar refractivity (Wildman–Crippen MR) is 147 cm³/mol. The molecule has 3 aromatic rings. The zero-order valence-electron chi connectivity index (χ0n) is 22.7. The first kappa shape index (κ1) is 25.9. The van der Waals surface area contributed by atoms with E-state index in [0.717, 1.165) is 74.6 Å². The average Bonchev–Trinajstić information content (AvgIpc) is 3.30. The number of hydrogen-bond acceptors (Lipinski definition) is 6. The van der Waals surface area contributed by atoms with Crippen LogP contribution in [-0.2, 0) is 29.1 Å². The molecule has 0 amide bonds. The summed E-state index contributed by atoms with van der Waals surface area (Å²) >= 11 is 0. The molecular formula is C32H31FN4O4. The highest BCUT2D eigenvalue weighted by atomic mass is 19.1. The predicted octanol–water partition coefficient (Wildman–Crippen LogP) is 5.51. The molecule has 3 fully saturated rings. The van der Waals surface area contributed by atoms with Crippen molar-refractivity contribution in [3.63, 3.8) is 0 Å². The van der Waals surface area contributed by atoms with E-state index in [1.807, 2.05) is 18.2 Å². The zero-order valence-corrected chi connectivity index (χ0v) is 22.7. The number of pyridine rings is 1. The SMILES string of the molecule is N#Cc1ccc(COc2cccc(C3CCC4(CC3)CC4c3nc4c(n3C[C@@H]3CCO3)CC(C(=O)O)=C4)n2)c(F)c1. The summed E-state index contributed by atoms with van der Waals surface area (Å²) in [6.07, 6.45) is 8.75. The molecule has 0 radical (unpaired) electrons. The Morgan fingerprint density at radius 3 is 2.76 bits per heavy atom. The van der Waals surface area contributed by atoms with Crippen LogP contribution in [0.4, 0.5) is 4.39 Å². The standard InChI is InChI=1S/C32H31FN4O4/c33-25-12-19(16-34)4-5-21(25)18-41-29-3-1-2-26(35-29)20-6-9-32(10-7-20)15-24(32)30-36-27-13-22(31(38)39)14-28(27)37(30)17-23-8-11-40-23/h1-5,12-13,20,23-24H,6-11,14-15,17-18H2,(H,38,39)/t20?,23-,24?,32?/m0/s1. The third-order valence-corrected chi connectivity index (χ3v) is 9.46. The van der Waals surface area contributed by atoms with Crippen molar-refractivity contribution in [2.24, 2.45) is 5.41 Å². The highest BCUT2D eigenvalue weighted by Crippen LogP contribution is 2.67. The first-order chi connectivity index (χ1) is 19.9. The van der Waals surface area contributed by atoms with E-state index in [9.17, 15) is 14.3 Å². The molecule has 2 aromatic heterocycles. The van der Waals surface area contributed by atoms with Crippen molar-refractivity contribution < 1.29 is 23.8 Å². The Morgan fingerprint density at radius 1 is 1.22 bits per heavy atom. The Kier molecular flexibility index (Phi) is 6.39. The number of ether oxygens (including phenoxy) is 2. The summed E-state index contributed by atoms with van der Waals surface area (Å²) in [6.45, 7) is 1.59. The molecule has 1 aliphatic heterocycles. The van der Waals surface area contributed by atoms with Gasteiger partial charge >= 0.3 is 5.97 Å². The largest absolute Gasteiger partial charge is 0.478 e. The second-order valence-electron chi connectivity index (χ2n) is 11.8. The molecule has 1 spiro atoms. The van der Waals surface area contributed by atoms with Gasteiger partial charge in [-0.25, -0.2) is 19.2 Å². The first-order valence-corrected chi connectivity index (χ1v) is 14.4. The number of nitriles is 1. The summed E-state index contributed by atoms with van der Waals surface area (Å²) in [5.74, 6) is 0.975. The number of hydrogen-bond donors (Lipinski definition) is 1. The number of imidazole rings is 1. The average molecular weight is 555 g/mol. The van der Waals surface area contributed by atoms with Crippen molar-refractivity contribution in [2.75, 3.05) is 6.61 Å². The Hall–Kier alpha value is -4.03. The molecule has 8 nitrogen and oxygen atoms in total. The van der Waals surface area contributed by atoms with Crippen molar-refractivity contribution >= 4 is 12.0 Å². The van der Waals surface area contributed by atoms with Crippen molar-refractivity contribution in [3.8, 4) is 11.9 Å². The van der Waals surface area contributed by atoms with Gasteiger partial charge in [0.1, 0.15) is 18.2 Å². The normalized spacial score (nSPS) is 26.1. The monoisotopic (exact) mass is 554 g/mol. The topological polar surface area (TPSA) is 110 Å². The van der Waals surface area contributed by atoms with Crippen LogP contribution in [0.25, 0.3) is 6.08 Å². The van der Waals surface area contributed by atoms with E-state index in [1.54, 1.807) is 24.3 Å². The van der Waals surface area contributed by atoms with Crippen molar-refractivity contribution in [2.45, 2.75) is 76.0 Å². The lowest BCUT2D eigenvalue weighted by molar-refractivity contribution is -0.132. The van der Waals surface area contributed by atoms with E-state index in [1.165, 1.54) is 6.07 Å². The molecule has 2 atom stereocenters. The van der Waals surface area contributed by atoms with Crippen molar-refractivity contribution in [1.29, 1.82) is 5.26 Å². The zero-order chi connectivity index (χ0) is 28.1. The number of fused-ring (bicyclic) bond motifs is 1. The van der Waals surface area contributed by atoms with Gasteiger partial charge in [-0.2, -0.15) is 5.26 Å². The number of halogens is 1. The van der Waals surface area contributed by atoms with Crippen LogP contribution in [-0.4, -0.2) is 38.3 Å². The number of rotatable bonds is 8. The molecule has 41 heavy (non-hydrogen) atoms. The van der Waals surface area contributed by atoms with E-state index in [0.29, 0.717) is 35.3 Å². The van der Waals surface area contributed by atoms with Gasteiger partial charge in [0.25, 0.3) is 0 Å². The van der Waals surface area contributed by atoms with Crippen molar-refractivity contribution in [3.05, 3.63) is 81.8 Å². The fraction of sp³-hybridized carbons (Fsp3) is 0.438. The van der Waals surface area contributed by atoms with E-state index in [-0.39, 0.29) is 23.7 Å². The van der Waals surface area contributed by atoms with Crippen LogP contribution in [0.15, 0.2) is 42.0 Å². The number of nitrogens with zero attached hydrogens (tertiary/aromatic N) is 4. The highest BCUT2D eigenvalue weighted by molar-refractivity contribution is 5.94. The van der Waals surface area contributed by atoms with Gasteiger partial charge in [0.05, 0.1) is 30.0 Å². The van der Waals surface area contributed by atoms with Gasteiger partial charge in [0, 0.05) is 53.5 Å². The lowest BCUT2D eigenvalue weighted by atomic mass is 9.77. The quantitative estimate of drug-likeness (QED) is 0.391. The van der Waals surface area contributed by atoms with Crippen LogP contribution >= 0.6 is 0 Å². The molecule has 2 saturated carbocycles. The van der Waals surface area contributed by atoms with Crippen LogP contribution in [0.3, 0.4) is 0 Å². The highest BCUT2D eigenvalue weighted by Gasteiger charge is 2.58. The summed E-state index contributed by atoms with van der Waals surface area (Å²) in [6, 6.07) is 12.1. The second kappa shape index (κ2) is 10.1. The number of carboxylic acids is 1. The van der Waals surface area contributed by atoms with Crippen LogP contribution in [0.1, 0.15) is 84.4 Å². The lowest BCUT2D eigenvalue weighted by Crippen LogP contribution is -2.32. The number of carbonyl (C=O) groups is 1. The number of benzene rings is 1. The fourth-order valence-electron chi connectivity index (χ4n) is 6.84. The second-order valence-corrected chi connectivity index (χ2v) is 11.8. The summed E-state index contributed by atoms with van der Waals surface area (Å²) in [7, 11) is 0. The Balaban J connectivity index is 1.01. The van der Waals surface area contributed by atoms with Gasteiger partial charge in [0.15, 0.2) is 0 Å². The molecule has 9 heteroatoms. The van der Waals surface area contributed by atoms with Crippen molar-refractivity contribution in [1.82, 2.24) is 14.5 Å². The van der Waals surface area contributed by atoms with E-state index >= 15 is 0 Å². The Labute approximate surface area is 237 Å². The van der Waals surface area contributed by atoms with E-state index in [4.69, 9.17) is 24.7 Å². The minimum Gasteiger partial charge on any atom is -0.478 e. The molecule has 210 valence electrons. The molecule has 4 aliphatic rings. The molecule has 1 unspecified atom stereocenters. The summed E-state index contributed by atoms with van der Waals surface area (Å²) in [5, 5.41) is 18.4. The minimum absolute atomic E-state index is 0.0507. The molecule has 1 N–H and O–H groups in total. The fourth-order valence-corrected chi connectivity index (χ4v) is 6.84. The van der Waals surface area contributed by atoms with Crippen LogP contribution in [0.5, 0.6) is 5.88 Å². The van der Waals surface area contributed by atoms with Gasteiger partial charge in [-0.15, -0.1) is 0 Å². The maximum atomic E-state index is 14.3. The number of aliphatic carboxylic acids is 1. The molecule has 3 aliphatic carbocycles. The number of aromatic nitrogens is 3.